The molecule has 5 heteroatoms. The lowest BCUT2D eigenvalue weighted by molar-refractivity contribution is 0.0628. The molecule has 1 unspecified atom stereocenters. The van der Waals surface area contributed by atoms with Crippen LogP contribution < -0.4 is 5.73 Å². The van der Waals surface area contributed by atoms with Gasteiger partial charge in [0.05, 0.1) is 5.02 Å². The van der Waals surface area contributed by atoms with E-state index in [4.69, 9.17) is 17.3 Å². The highest BCUT2D eigenvalue weighted by atomic mass is 35.5. The van der Waals surface area contributed by atoms with Crippen molar-refractivity contribution in [2.24, 2.45) is 5.73 Å². The van der Waals surface area contributed by atoms with Gasteiger partial charge in [0, 0.05) is 19.1 Å². The minimum Gasteiger partial charge on any atom is -0.334 e. The highest BCUT2D eigenvalue weighted by Crippen LogP contribution is 2.26. The molecular formula is C11H15ClN2OS. The molecule has 3 nitrogen and oxygen atoms in total. The molecule has 2 N–H and O–H groups in total. The number of halogens is 1. The molecule has 2 heterocycles. The second kappa shape index (κ2) is 5.17. The summed E-state index contributed by atoms with van der Waals surface area (Å²) in [6.07, 6.45) is 3.22. The monoisotopic (exact) mass is 258 g/mol. The van der Waals surface area contributed by atoms with E-state index < -0.39 is 0 Å². The highest BCUT2D eigenvalue weighted by molar-refractivity contribution is 7.12. The van der Waals surface area contributed by atoms with Crippen LogP contribution in [-0.4, -0.2) is 29.9 Å². The fourth-order valence-electron chi connectivity index (χ4n) is 2.09. The Morgan fingerprint density at radius 1 is 1.62 bits per heavy atom. The first kappa shape index (κ1) is 11.9. The molecule has 1 saturated heterocycles. The van der Waals surface area contributed by atoms with Gasteiger partial charge in [-0.2, -0.15) is 0 Å². The third-order valence-electron chi connectivity index (χ3n) is 2.97. The van der Waals surface area contributed by atoms with Gasteiger partial charge in [-0.15, -0.1) is 11.3 Å². The van der Waals surface area contributed by atoms with E-state index >= 15 is 0 Å². The molecule has 0 bridgehead atoms. The van der Waals surface area contributed by atoms with Gasteiger partial charge in [0.1, 0.15) is 4.88 Å². The average molecular weight is 259 g/mol. The van der Waals surface area contributed by atoms with E-state index in [-0.39, 0.29) is 11.9 Å². The summed E-state index contributed by atoms with van der Waals surface area (Å²) in [5.41, 5.74) is 5.70. The minimum absolute atomic E-state index is 0.0372. The smallest absolute Gasteiger partial charge is 0.265 e. The van der Waals surface area contributed by atoms with Crippen LogP contribution in [0.15, 0.2) is 11.4 Å². The molecule has 0 radical (unpaired) electrons. The van der Waals surface area contributed by atoms with Gasteiger partial charge in [-0.05, 0) is 30.7 Å². The predicted octanol–water partition coefficient (Wildman–Crippen LogP) is 2.35. The number of nitrogens with two attached hydrogens (primary N) is 1. The Morgan fingerprint density at radius 2 is 2.44 bits per heavy atom. The SMILES string of the molecule is NCC1CCCCN1C(=O)c1sccc1Cl. The fraction of sp³-hybridized carbons (Fsp3) is 0.545. The number of nitrogens with zero attached hydrogens (tertiary/aromatic N) is 1. The lowest BCUT2D eigenvalue weighted by Gasteiger charge is -2.34. The van der Waals surface area contributed by atoms with E-state index in [9.17, 15) is 4.79 Å². The number of rotatable bonds is 2. The minimum atomic E-state index is 0.0372. The molecule has 0 aliphatic carbocycles. The molecule has 1 amide bonds. The number of carbonyl (C=O) groups is 1. The summed E-state index contributed by atoms with van der Waals surface area (Å²) >= 11 is 7.38. The van der Waals surface area contributed by atoms with E-state index in [1.807, 2.05) is 10.3 Å². The zero-order chi connectivity index (χ0) is 11.5. The maximum atomic E-state index is 12.2. The van der Waals surface area contributed by atoms with Gasteiger partial charge in [-0.1, -0.05) is 11.6 Å². The molecule has 0 spiro atoms. The van der Waals surface area contributed by atoms with Gasteiger partial charge in [0.15, 0.2) is 0 Å². The average Bonchev–Trinajstić information content (AvgIpc) is 2.74. The summed E-state index contributed by atoms with van der Waals surface area (Å²) in [6, 6.07) is 1.94. The quantitative estimate of drug-likeness (QED) is 0.885. The molecule has 1 atom stereocenters. The molecule has 1 aliphatic rings. The van der Waals surface area contributed by atoms with Crippen LogP contribution in [0.5, 0.6) is 0 Å². The van der Waals surface area contributed by atoms with Crippen LogP contribution in [0.1, 0.15) is 28.9 Å². The van der Waals surface area contributed by atoms with Crippen molar-refractivity contribution in [3.05, 3.63) is 21.3 Å². The molecule has 1 aromatic heterocycles. The largest absolute Gasteiger partial charge is 0.334 e. The van der Waals surface area contributed by atoms with Crippen molar-refractivity contribution in [2.45, 2.75) is 25.3 Å². The summed E-state index contributed by atoms with van der Waals surface area (Å²) in [5.74, 6) is 0.0372. The molecule has 0 saturated carbocycles. The number of amides is 1. The maximum absolute atomic E-state index is 12.2. The van der Waals surface area contributed by atoms with Crippen molar-refractivity contribution in [1.82, 2.24) is 4.90 Å². The molecule has 1 aromatic rings. The Bertz CT molecular complexity index is 380. The van der Waals surface area contributed by atoms with Gasteiger partial charge in [0.2, 0.25) is 0 Å². The van der Waals surface area contributed by atoms with Crippen LogP contribution in [0.2, 0.25) is 5.02 Å². The van der Waals surface area contributed by atoms with Crippen LogP contribution in [0.3, 0.4) is 0 Å². The topological polar surface area (TPSA) is 46.3 Å². The van der Waals surface area contributed by atoms with Crippen molar-refractivity contribution in [3.63, 3.8) is 0 Å². The van der Waals surface area contributed by atoms with Gasteiger partial charge < -0.3 is 10.6 Å². The van der Waals surface area contributed by atoms with Crippen molar-refractivity contribution < 1.29 is 4.79 Å². The van der Waals surface area contributed by atoms with Crippen molar-refractivity contribution >= 4 is 28.8 Å². The highest BCUT2D eigenvalue weighted by Gasteiger charge is 2.28. The normalized spacial score (nSPS) is 21.1. The summed E-state index contributed by atoms with van der Waals surface area (Å²) in [7, 11) is 0. The van der Waals surface area contributed by atoms with E-state index in [2.05, 4.69) is 0 Å². The number of thiophene rings is 1. The van der Waals surface area contributed by atoms with Crippen molar-refractivity contribution in [1.29, 1.82) is 0 Å². The van der Waals surface area contributed by atoms with Crippen LogP contribution in [-0.2, 0) is 0 Å². The summed E-state index contributed by atoms with van der Waals surface area (Å²) in [6.45, 7) is 1.34. The Hall–Kier alpha value is -0.580. The second-order valence-corrected chi connectivity index (χ2v) is 5.30. The molecule has 16 heavy (non-hydrogen) atoms. The Labute approximate surface area is 104 Å². The third-order valence-corrected chi connectivity index (χ3v) is 4.30. The van der Waals surface area contributed by atoms with Crippen molar-refractivity contribution in [3.8, 4) is 0 Å². The van der Waals surface area contributed by atoms with E-state index in [1.54, 1.807) is 6.07 Å². The fourth-order valence-corrected chi connectivity index (χ4v) is 3.18. The Balaban J connectivity index is 2.17. The number of carbonyl (C=O) groups excluding carboxylic acids is 1. The van der Waals surface area contributed by atoms with Gasteiger partial charge in [-0.3, -0.25) is 4.79 Å². The number of hydrogen-bond donors (Lipinski definition) is 1. The van der Waals surface area contributed by atoms with Gasteiger partial charge in [0.25, 0.3) is 5.91 Å². The van der Waals surface area contributed by atoms with Crippen LogP contribution in [0.25, 0.3) is 0 Å². The summed E-state index contributed by atoms with van der Waals surface area (Å²) in [4.78, 5) is 14.8. The van der Waals surface area contributed by atoms with E-state index in [1.165, 1.54) is 11.3 Å². The van der Waals surface area contributed by atoms with Gasteiger partial charge >= 0.3 is 0 Å². The second-order valence-electron chi connectivity index (χ2n) is 3.98. The zero-order valence-electron chi connectivity index (χ0n) is 8.99. The maximum Gasteiger partial charge on any atom is 0.265 e. The standard InChI is InChI=1S/C11H15ClN2OS/c12-9-4-6-16-10(9)11(15)14-5-2-1-3-8(14)7-13/h4,6,8H,1-3,5,7,13H2. The van der Waals surface area contributed by atoms with E-state index in [0.29, 0.717) is 16.4 Å². The lowest BCUT2D eigenvalue weighted by atomic mass is 10.0. The molecule has 88 valence electrons. The number of likely N-dealkylation sites (tertiary alicyclic amines) is 1. The molecule has 2 rings (SSSR count). The molecular weight excluding hydrogens is 244 g/mol. The summed E-state index contributed by atoms with van der Waals surface area (Å²) in [5, 5.41) is 2.40. The summed E-state index contributed by atoms with van der Waals surface area (Å²) < 4.78 is 0. The number of piperidine rings is 1. The van der Waals surface area contributed by atoms with Crippen LogP contribution >= 0.6 is 22.9 Å². The van der Waals surface area contributed by atoms with Crippen LogP contribution in [0.4, 0.5) is 0 Å². The zero-order valence-corrected chi connectivity index (χ0v) is 10.6. The lowest BCUT2D eigenvalue weighted by Crippen LogP contribution is -2.47. The molecule has 0 aromatic carbocycles. The molecule has 1 aliphatic heterocycles. The van der Waals surface area contributed by atoms with Gasteiger partial charge in [-0.25, -0.2) is 0 Å². The van der Waals surface area contributed by atoms with E-state index in [0.717, 1.165) is 25.8 Å². The Kier molecular flexibility index (Phi) is 3.84. The molecule has 1 fully saturated rings. The first-order valence-corrected chi connectivity index (χ1v) is 6.74. The van der Waals surface area contributed by atoms with Crippen LogP contribution in [0, 0.1) is 0 Å². The predicted molar refractivity (Wildman–Crippen MR) is 67.1 cm³/mol. The number of hydrogen-bond acceptors (Lipinski definition) is 3. The third kappa shape index (κ3) is 2.24. The first-order valence-electron chi connectivity index (χ1n) is 5.48. The first-order chi connectivity index (χ1) is 7.74. The van der Waals surface area contributed by atoms with Crippen molar-refractivity contribution in [2.75, 3.05) is 13.1 Å². The Morgan fingerprint density at radius 3 is 3.06 bits per heavy atom.